The number of rotatable bonds is 1. The number of halogens is 1. The summed E-state index contributed by atoms with van der Waals surface area (Å²) in [7, 11) is 0. The van der Waals surface area contributed by atoms with Crippen LogP contribution >= 0.6 is 15.9 Å². The Morgan fingerprint density at radius 3 is 2.50 bits per heavy atom. The molecule has 2 bridgehead atoms. The molecule has 0 radical (unpaired) electrons. The quantitative estimate of drug-likeness (QED) is 0.810. The van der Waals surface area contributed by atoms with E-state index in [1.807, 2.05) is 0 Å². The third kappa shape index (κ3) is 1.41. The number of piperidine rings is 1. The van der Waals surface area contributed by atoms with E-state index in [0.717, 1.165) is 17.9 Å². The molecule has 2 aliphatic rings. The van der Waals surface area contributed by atoms with Gasteiger partial charge in [0, 0.05) is 10.5 Å². The lowest BCUT2D eigenvalue weighted by atomic mass is 9.88. The first-order chi connectivity index (χ1) is 6.83. The average Bonchev–Trinajstić information content (AvgIpc) is 2.80. The van der Waals surface area contributed by atoms with Gasteiger partial charge in [0.1, 0.15) is 0 Å². The second-order valence-electron chi connectivity index (χ2n) is 4.49. The van der Waals surface area contributed by atoms with E-state index in [4.69, 9.17) is 0 Å². The van der Waals surface area contributed by atoms with Gasteiger partial charge in [-0.25, -0.2) is 0 Å². The topological polar surface area (TPSA) is 12.0 Å². The van der Waals surface area contributed by atoms with E-state index in [2.05, 4.69) is 45.5 Å². The van der Waals surface area contributed by atoms with E-state index in [1.54, 1.807) is 0 Å². The second-order valence-corrected chi connectivity index (χ2v) is 5.41. The largest absolute Gasteiger partial charge is 0.314 e. The molecule has 0 unspecified atom stereocenters. The molecule has 74 valence electrons. The lowest BCUT2D eigenvalue weighted by molar-refractivity contribution is 0.441. The van der Waals surface area contributed by atoms with E-state index in [-0.39, 0.29) is 0 Å². The minimum absolute atomic E-state index is 0.800. The Balaban J connectivity index is 1.86. The lowest BCUT2D eigenvalue weighted by Crippen LogP contribution is -2.28. The molecule has 0 amide bonds. The fourth-order valence-electron chi connectivity index (χ4n) is 2.95. The molecule has 0 aromatic heterocycles. The molecule has 14 heavy (non-hydrogen) atoms. The first kappa shape index (κ1) is 8.93. The zero-order valence-corrected chi connectivity index (χ0v) is 9.63. The molecule has 1 heterocycles. The Kier molecular flexibility index (Phi) is 2.14. The molecule has 1 aromatic carbocycles. The average molecular weight is 252 g/mol. The fourth-order valence-corrected chi connectivity index (χ4v) is 3.22. The Bertz CT molecular complexity index is 333. The molecule has 1 aliphatic heterocycles. The van der Waals surface area contributed by atoms with E-state index < -0.39 is 0 Å². The molecule has 1 saturated carbocycles. The van der Waals surface area contributed by atoms with Crippen molar-refractivity contribution in [2.45, 2.75) is 24.8 Å². The maximum atomic E-state index is 3.56. The summed E-state index contributed by atoms with van der Waals surface area (Å²) in [4.78, 5) is 0. The van der Waals surface area contributed by atoms with Gasteiger partial charge in [0.2, 0.25) is 0 Å². The van der Waals surface area contributed by atoms with Crippen LogP contribution in [0.2, 0.25) is 0 Å². The number of benzene rings is 1. The highest BCUT2D eigenvalue weighted by atomic mass is 79.9. The first-order valence-electron chi connectivity index (χ1n) is 5.32. The highest BCUT2D eigenvalue weighted by Gasteiger charge is 2.39. The van der Waals surface area contributed by atoms with Gasteiger partial charge < -0.3 is 5.32 Å². The number of hydrogen-bond acceptors (Lipinski definition) is 1. The van der Waals surface area contributed by atoms with Crippen LogP contribution in [0.25, 0.3) is 0 Å². The number of nitrogens with one attached hydrogen (secondary N) is 1. The molecule has 1 N–H and O–H groups in total. The highest BCUT2D eigenvalue weighted by Crippen LogP contribution is 2.43. The van der Waals surface area contributed by atoms with E-state index in [1.165, 1.54) is 29.4 Å². The van der Waals surface area contributed by atoms with Crippen LogP contribution < -0.4 is 5.32 Å². The van der Waals surface area contributed by atoms with Crippen molar-refractivity contribution < 1.29 is 0 Å². The summed E-state index contributed by atoms with van der Waals surface area (Å²) in [6.45, 7) is 1.23. The molecule has 1 nitrogen and oxygen atoms in total. The first-order valence-corrected chi connectivity index (χ1v) is 6.11. The molecule has 1 saturated heterocycles. The zero-order valence-electron chi connectivity index (χ0n) is 8.04. The van der Waals surface area contributed by atoms with E-state index in [0.29, 0.717) is 0 Å². The Morgan fingerprint density at radius 1 is 1.14 bits per heavy atom. The molecule has 2 heteroatoms. The van der Waals surface area contributed by atoms with Gasteiger partial charge in [-0.05, 0) is 48.9 Å². The lowest BCUT2D eigenvalue weighted by Gasteiger charge is -2.22. The summed E-state index contributed by atoms with van der Waals surface area (Å²) >= 11 is 3.48. The van der Waals surface area contributed by atoms with Gasteiger partial charge in [0.15, 0.2) is 0 Å². The third-order valence-electron chi connectivity index (χ3n) is 3.66. The Morgan fingerprint density at radius 2 is 1.93 bits per heavy atom. The number of fused-ring (bicyclic) bond motifs is 2. The van der Waals surface area contributed by atoms with E-state index >= 15 is 0 Å². The van der Waals surface area contributed by atoms with Crippen molar-refractivity contribution in [1.29, 1.82) is 0 Å². The highest BCUT2D eigenvalue weighted by molar-refractivity contribution is 9.10. The number of hydrogen-bond donors (Lipinski definition) is 1. The maximum Gasteiger partial charge on any atom is 0.0175 e. The molecule has 1 aromatic rings. The Labute approximate surface area is 93.0 Å². The van der Waals surface area contributed by atoms with Crippen LogP contribution in [0, 0.1) is 5.92 Å². The summed E-state index contributed by atoms with van der Waals surface area (Å²) in [5.41, 5.74) is 1.53. The van der Waals surface area contributed by atoms with Crippen molar-refractivity contribution in [3.63, 3.8) is 0 Å². The van der Waals surface area contributed by atoms with E-state index in [9.17, 15) is 0 Å². The summed E-state index contributed by atoms with van der Waals surface area (Å²) in [6.07, 6.45) is 2.73. The molecule has 1 aliphatic carbocycles. The molecule has 0 spiro atoms. The van der Waals surface area contributed by atoms with Gasteiger partial charge in [0.05, 0.1) is 0 Å². The van der Waals surface area contributed by atoms with Gasteiger partial charge in [0.25, 0.3) is 0 Å². The van der Waals surface area contributed by atoms with Crippen LogP contribution in [0.5, 0.6) is 0 Å². The third-order valence-corrected chi connectivity index (χ3v) is 4.19. The van der Waals surface area contributed by atoms with Gasteiger partial charge >= 0.3 is 0 Å². The van der Waals surface area contributed by atoms with Crippen LogP contribution in [-0.4, -0.2) is 12.6 Å². The van der Waals surface area contributed by atoms with Crippen molar-refractivity contribution in [3.8, 4) is 0 Å². The van der Waals surface area contributed by atoms with Crippen molar-refractivity contribution in [1.82, 2.24) is 5.32 Å². The van der Waals surface area contributed by atoms with Gasteiger partial charge in [-0.2, -0.15) is 0 Å². The monoisotopic (exact) mass is 251 g/mol. The maximum absolute atomic E-state index is 3.56. The summed E-state index contributed by atoms with van der Waals surface area (Å²) in [6, 6.07) is 9.67. The predicted molar refractivity (Wildman–Crippen MR) is 61.4 cm³/mol. The van der Waals surface area contributed by atoms with Crippen molar-refractivity contribution in [3.05, 3.63) is 34.3 Å². The predicted octanol–water partition coefficient (Wildman–Crippen LogP) is 2.91. The van der Waals surface area contributed by atoms with Crippen LogP contribution in [0.15, 0.2) is 28.7 Å². The van der Waals surface area contributed by atoms with Crippen LogP contribution in [0.1, 0.15) is 24.3 Å². The van der Waals surface area contributed by atoms with Gasteiger partial charge in [-0.1, -0.05) is 28.1 Å². The SMILES string of the molecule is Brc1ccc([C@H]2C[C@H]3C[C@@H]2CN3)cc1. The minimum Gasteiger partial charge on any atom is -0.314 e. The molecular weight excluding hydrogens is 238 g/mol. The van der Waals surface area contributed by atoms with Crippen LogP contribution in [0.3, 0.4) is 0 Å². The molecule has 3 rings (SSSR count). The summed E-state index contributed by atoms with van der Waals surface area (Å²) in [5.74, 6) is 1.70. The summed E-state index contributed by atoms with van der Waals surface area (Å²) < 4.78 is 1.18. The smallest absolute Gasteiger partial charge is 0.0175 e. The normalized spacial score (nSPS) is 35.1. The summed E-state index contributed by atoms with van der Waals surface area (Å²) in [5, 5.41) is 3.56. The van der Waals surface area contributed by atoms with Crippen LogP contribution in [0.4, 0.5) is 0 Å². The Hall–Kier alpha value is -0.340. The van der Waals surface area contributed by atoms with Crippen molar-refractivity contribution in [2.24, 2.45) is 5.92 Å². The minimum atomic E-state index is 0.800. The molecular formula is C12H14BrN. The zero-order chi connectivity index (χ0) is 9.54. The van der Waals surface area contributed by atoms with Crippen LogP contribution in [-0.2, 0) is 0 Å². The molecule has 2 fully saturated rings. The molecule has 3 atom stereocenters. The van der Waals surface area contributed by atoms with Crippen molar-refractivity contribution in [2.75, 3.05) is 6.54 Å². The van der Waals surface area contributed by atoms with Crippen molar-refractivity contribution >= 4 is 15.9 Å². The standard InChI is InChI=1S/C12H14BrN/c13-10-3-1-8(2-4-10)12-6-11-5-9(12)7-14-11/h1-4,9,11-12,14H,5-7H2/t9-,11-,12-/m1/s1. The van der Waals surface area contributed by atoms with Gasteiger partial charge in [-0.3, -0.25) is 0 Å². The van der Waals surface area contributed by atoms with Gasteiger partial charge in [-0.15, -0.1) is 0 Å². The fraction of sp³-hybridized carbons (Fsp3) is 0.500. The second kappa shape index (κ2) is 3.35.